The molecule has 0 amide bonds. The summed E-state index contributed by atoms with van der Waals surface area (Å²) < 4.78 is 36.2. The van der Waals surface area contributed by atoms with Crippen molar-refractivity contribution < 1.29 is 22.5 Å². The summed E-state index contributed by atoms with van der Waals surface area (Å²) >= 11 is 0. The molecule has 0 heterocycles. The van der Waals surface area contributed by atoms with E-state index in [0.717, 1.165) is 11.1 Å². The van der Waals surface area contributed by atoms with E-state index in [1.807, 2.05) is 43.3 Å². The van der Waals surface area contributed by atoms with Gasteiger partial charge in [0.2, 0.25) is 0 Å². The molecule has 0 bridgehead atoms. The quantitative estimate of drug-likeness (QED) is 0.425. The maximum atomic E-state index is 12.2. The maximum Gasteiger partial charge on any atom is 0.343 e. The maximum absolute atomic E-state index is 12.2. The second kappa shape index (κ2) is 7.11. The van der Waals surface area contributed by atoms with E-state index in [2.05, 4.69) is 0 Å². The lowest BCUT2D eigenvalue weighted by atomic mass is 10.0. The van der Waals surface area contributed by atoms with Crippen LogP contribution < -0.4 is 4.74 Å². The van der Waals surface area contributed by atoms with E-state index >= 15 is 0 Å². The number of ether oxygens (including phenoxy) is 1. The number of hydrogen-bond acceptors (Lipinski definition) is 4. The zero-order chi connectivity index (χ0) is 18.7. The number of esters is 1. The van der Waals surface area contributed by atoms with E-state index < -0.39 is 16.1 Å². The number of benzene rings is 3. The standard InChI is InChI=1S/C20H16O5S/c1-14-2-4-15(5-3-14)16-6-8-17(9-7-16)20(21)25-18-10-12-19(13-11-18)26(22,23)24/h2-13H,1H3,(H,22,23,24). The second-order valence-corrected chi connectivity index (χ2v) is 7.20. The first-order chi connectivity index (χ1) is 12.3. The highest BCUT2D eigenvalue weighted by molar-refractivity contribution is 7.85. The van der Waals surface area contributed by atoms with Crippen molar-refractivity contribution in [1.82, 2.24) is 0 Å². The molecule has 0 saturated heterocycles. The molecule has 6 heteroatoms. The van der Waals surface area contributed by atoms with Crippen LogP contribution in [0.25, 0.3) is 11.1 Å². The van der Waals surface area contributed by atoms with Crippen molar-refractivity contribution in [2.45, 2.75) is 11.8 Å². The predicted molar refractivity (Wildman–Crippen MR) is 97.8 cm³/mol. The lowest BCUT2D eigenvalue weighted by Crippen LogP contribution is -2.08. The van der Waals surface area contributed by atoms with Crippen LogP contribution in [-0.2, 0) is 10.1 Å². The van der Waals surface area contributed by atoms with Crippen molar-refractivity contribution in [2.75, 3.05) is 0 Å². The van der Waals surface area contributed by atoms with Gasteiger partial charge in [-0.15, -0.1) is 0 Å². The van der Waals surface area contributed by atoms with Crippen LogP contribution in [0, 0.1) is 6.92 Å². The molecule has 0 aliphatic rings. The Bertz CT molecular complexity index is 1020. The monoisotopic (exact) mass is 368 g/mol. The first-order valence-electron chi connectivity index (χ1n) is 7.80. The number of hydrogen-bond donors (Lipinski definition) is 1. The van der Waals surface area contributed by atoms with Crippen LogP contribution in [0.1, 0.15) is 15.9 Å². The summed E-state index contributed by atoms with van der Waals surface area (Å²) in [4.78, 5) is 11.9. The minimum absolute atomic E-state index is 0.185. The number of rotatable bonds is 4. The average molecular weight is 368 g/mol. The average Bonchev–Trinajstić information content (AvgIpc) is 2.62. The zero-order valence-corrected chi connectivity index (χ0v) is 14.7. The Morgan fingerprint density at radius 1 is 0.808 bits per heavy atom. The van der Waals surface area contributed by atoms with Crippen molar-refractivity contribution in [1.29, 1.82) is 0 Å². The number of carbonyl (C=O) groups excluding carboxylic acids is 1. The van der Waals surface area contributed by atoms with E-state index in [1.54, 1.807) is 12.1 Å². The highest BCUT2D eigenvalue weighted by atomic mass is 32.2. The minimum Gasteiger partial charge on any atom is -0.423 e. The SMILES string of the molecule is Cc1ccc(-c2ccc(C(=O)Oc3ccc(S(=O)(=O)O)cc3)cc2)cc1. The molecule has 0 unspecified atom stereocenters. The van der Waals surface area contributed by atoms with Crippen LogP contribution in [0.4, 0.5) is 0 Å². The molecule has 3 aromatic carbocycles. The van der Waals surface area contributed by atoms with Gasteiger partial charge in [0.25, 0.3) is 10.1 Å². The third-order valence-electron chi connectivity index (χ3n) is 3.84. The topological polar surface area (TPSA) is 80.7 Å². The van der Waals surface area contributed by atoms with Gasteiger partial charge < -0.3 is 4.74 Å². The second-order valence-electron chi connectivity index (χ2n) is 5.78. The van der Waals surface area contributed by atoms with Crippen LogP contribution in [0.5, 0.6) is 5.75 Å². The van der Waals surface area contributed by atoms with Crippen LogP contribution in [0.3, 0.4) is 0 Å². The van der Waals surface area contributed by atoms with Crippen LogP contribution >= 0.6 is 0 Å². The van der Waals surface area contributed by atoms with Gasteiger partial charge in [0.1, 0.15) is 5.75 Å². The molecule has 0 aromatic heterocycles. The third-order valence-corrected chi connectivity index (χ3v) is 4.71. The molecule has 0 aliphatic carbocycles. The van der Waals surface area contributed by atoms with Crippen molar-refractivity contribution in [3.05, 3.63) is 83.9 Å². The Morgan fingerprint density at radius 3 is 1.81 bits per heavy atom. The molecule has 132 valence electrons. The van der Waals surface area contributed by atoms with Crippen molar-refractivity contribution in [2.24, 2.45) is 0 Å². The molecule has 0 spiro atoms. The van der Waals surface area contributed by atoms with Crippen LogP contribution in [0.15, 0.2) is 77.7 Å². The summed E-state index contributed by atoms with van der Waals surface area (Å²) in [7, 11) is -4.27. The van der Waals surface area contributed by atoms with Crippen LogP contribution in [-0.4, -0.2) is 18.9 Å². The number of aryl methyl sites for hydroxylation is 1. The molecule has 0 atom stereocenters. The molecule has 26 heavy (non-hydrogen) atoms. The first-order valence-corrected chi connectivity index (χ1v) is 9.24. The highest BCUT2D eigenvalue weighted by Gasteiger charge is 2.12. The number of carbonyl (C=O) groups is 1. The van der Waals surface area contributed by atoms with E-state index in [0.29, 0.717) is 5.56 Å². The van der Waals surface area contributed by atoms with Gasteiger partial charge in [-0.2, -0.15) is 8.42 Å². The Hall–Kier alpha value is -2.96. The zero-order valence-electron chi connectivity index (χ0n) is 13.9. The van der Waals surface area contributed by atoms with Crippen molar-refractivity contribution in [3.8, 4) is 16.9 Å². The fraction of sp³-hybridized carbons (Fsp3) is 0.0500. The van der Waals surface area contributed by atoms with Gasteiger partial charge in [0.15, 0.2) is 0 Å². The normalized spacial score (nSPS) is 11.2. The first kappa shape index (κ1) is 17.8. The van der Waals surface area contributed by atoms with Crippen LogP contribution in [0.2, 0.25) is 0 Å². The van der Waals surface area contributed by atoms with E-state index in [1.165, 1.54) is 29.8 Å². The Morgan fingerprint density at radius 2 is 1.31 bits per heavy atom. The molecule has 5 nitrogen and oxygen atoms in total. The van der Waals surface area contributed by atoms with Gasteiger partial charge in [-0.05, 0) is 54.4 Å². The molecule has 0 fully saturated rings. The summed E-state index contributed by atoms with van der Waals surface area (Å²) in [5, 5.41) is 0. The van der Waals surface area contributed by atoms with Gasteiger partial charge in [0, 0.05) is 0 Å². The highest BCUT2D eigenvalue weighted by Crippen LogP contribution is 2.21. The Balaban J connectivity index is 1.73. The van der Waals surface area contributed by atoms with Gasteiger partial charge in [-0.1, -0.05) is 42.0 Å². The molecular weight excluding hydrogens is 352 g/mol. The summed E-state index contributed by atoms with van der Waals surface area (Å²) in [6.45, 7) is 2.02. The smallest absolute Gasteiger partial charge is 0.343 e. The minimum atomic E-state index is -4.27. The lowest BCUT2D eigenvalue weighted by Gasteiger charge is -2.06. The summed E-state index contributed by atoms with van der Waals surface area (Å²) in [5.41, 5.74) is 3.59. The molecule has 0 saturated carbocycles. The van der Waals surface area contributed by atoms with Gasteiger partial charge in [0.05, 0.1) is 10.5 Å². The van der Waals surface area contributed by atoms with Gasteiger partial charge in [-0.25, -0.2) is 4.79 Å². The molecular formula is C20H16O5S. The fourth-order valence-corrected chi connectivity index (χ4v) is 2.87. The van der Waals surface area contributed by atoms with Crippen molar-refractivity contribution in [3.63, 3.8) is 0 Å². The summed E-state index contributed by atoms with van der Waals surface area (Å²) in [6.07, 6.45) is 0. The predicted octanol–water partition coefficient (Wildman–Crippen LogP) is 4.13. The summed E-state index contributed by atoms with van der Waals surface area (Å²) in [6, 6.07) is 20.0. The van der Waals surface area contributed by atoms with Gasteiger partial charge >= 0.3 is 5.97 Å². The van der Waals surface area contributed by atoms with Gasteiger partial charge in [-0.3, -0.25) is 4.55 Å². The summed E-state index contributed by atoms with van der Waals surface area (Å²) in [5.74, 6) is -0.370. The lowest BCUT2D eigenvalue weighted by molar-refractivity contribution is 0.0734. The van der Waals surface area contributed by atoms with Crippen molar-refractivity contribution >= 4 is 16.1 Å². The Labute approximate surface area is 151 Å². The molecule has 0 radical (unpaired) electrons. The largest absolute Gasteiger partial charge is 0.423 e. The van der Waals surface area contributed by atoms with E-state index in [-0.39, 0.29) is 10.6 Å². The molecule has 3 aromatic rings. The third kappa shape index (κ3) is 4.17. The van der Waals surface area contributed by atoms with E-state index in [9.17, 15) is 13.2 Å². The fourth-order valence-electron chi connectivity index (χ4n) is 2.39. The van der Waals surface area contributed by atoms with E-state index in [4.69, 9.17) is 9.29 Å². The molecule has 3 rings (SSSR count). The molecule has 1 N–H and O–H groups in total. The molecule has 0 aliphatic heterocycles. The Kier molecular flexibility index (Phi) is 4.88.